The van der Waals surface area contributed by atoms with E-state index < -0.39 is 5.60 Å². The van der Waals surface area contributed by atoms with E-state index in [-0.39, 0.29) is 5.91 Å². The summed E-state index contributed by atoms with van der Waals surface area (Å²) in [6, 6.07) is 7.24. The maximum absolute atomic E-state index is 11.5. The standard InChI is InChI=1S/C13H17NO3/c1-16-10-5-4-6-11(9-10)17-13(12(14)15)7-2-3-8-13/h4-6,9H,2-3,7-8H2,1H3,(H2,14,15). The van der Waals surface area contributed by atoms with Crippen LogP contribution in [0.2, 0.25) is 0 Å². The maximum atomic E-state index is 11.5. The van der Waals surface area contributed by atoms with Crippen molar-refractivity contribution in [3.05, 3.63) is 24.3 Å². The maximum Gasteiger partial charge on any atom is 0.261 e. The molecule has 1 fully saturated rings. The minimum atomic E-state index is -0.827. The Hall–Kier alpha value is -1.71. The van der Waals surface area contributed by atoms with Crippen LogP contribution in [-0.4, -0.2) is 18.6 Å². The van der Waals surface area contributed by atoms with Gasteiger partial charge in [-0.2, -0.15) is 0 Å². The van der Waals surface area contributed by atoms with Gasteiger partial charge in [-0.25, -0.2) is 0 Å². The van der Waals surface area contributed by atoms with Crippen LogP contribution in [0.4, 0.5) is 0 Å². The second-order valence-electron chi connectivity index (χ2n) is 4.35. The van der Waals surface area contributed by atoms with Crippen LogP contribution in [0.5, 0.6) is 11.5 Å². The van der Waals surface area contributed by atoms with Crippen LogP contribution in [0.3, 0.4) is 0 Å². The first-order chi connectivity index (χ1) is 8.16. The van der Waals surface area contributed by atoms with Crippen molar-refractivity contribution in [2.75, 3.05) is 7.11 Å². The van der Waals surface area contributed by atoms with E-state index in [1.807, 2.05) is 18.2 Å². The summed E-state index contributed by atoms with van der Waals surface area (Å²) in [6.45, 7) is 0. The van der Waals surface area contributed by atoms with Gasteiger partial charge in [0, 0.05) is 6.07 Å². The van der Waals surface area contributed by atoms with E-state index in [9.17, 15) is 4.79 Å². The SMILES string of the molecule is COc1cccc(OC2(C(N)=O)CCCC2)c1. The zero-order valence-corrected chi connectivity index (χ0v) is 9.94. The third-order valence-electron chi connectivity index (χ3n) is 3.21. The van der Waals surface area contributed by atoms with Gasteiger partial charge in [0.05, 0.1) is 7.11 Å². The molecule has 1 aliphatic carbocycles. The summed E-state index contributed by atoms with van der Waals surface area (Å²) in [6.07, 6.45) is 3.35. The van der Waals surface area contributed by atoms with E-state index in [4.69, 9.17) is 15.2 Å². The highest BCUT2D eigenvalue weighted by Gasteiger charge is 2.42. The fourth-order valence-electron chi connectivity index (χ4n) is 2.24. The molecular weight excluding hydrogens is 218 g/mol. The normalized spacial score (nSPS) is 17.7. The predicted molar refractivity (Wildman–Crippen MR) is 64.0 cm³/mol. The van der Waals surface area contributed by atoms with Gasteiger partial charge in [-0.15, -0.1) is 0 Å². The summed E-state index contributed by atoms with van der Waals surface area (Å²) >= 11 is 0. The quantitative estimate of drug-likeness (QED) is 0.866. The van der Waals surface area contributed by atoms with Gasteiger partial charge in [-0.05, 0) is 37.8 Å². The molecule has 0 spiro atoms. The lowest BCUT2D eigenvalue weighted by Gasteiger charge is -2.26. The zero-order chi connectivity index (χ0) is 12.3. The molecule has 17 heavy (non-hydrogen) atoms. The second kappa shape index (κ2) is 4.65. The number of hydrogen-bond donors (Lipinski definition) is 1. The van der Waals surface area contributed by atoms with Crippen LogP contribution in [0.1, 0.15) is 25.7 Å². The van der Waals surface area contributed by atoms with E-state index >= 15 is 0 Å². The lowest BCUT2D eigenvalue weighted by molar-refractivity contribution is -0.132. The molecule has 0 bridgehead atoms. The Balaban J connectivity index is 2.20. The van der Waals surface area contributed by atoms with Gasteiger partial charge < -0.3 is 15.2 Å². The molecular formula is C13H17NO3. The van der Waals surface area contributed by atoms with Gasteiger partial charge in [0.25, 0.3) is 5.91 Å². The molecule has 1 aliphatic rings. The number of rotatable bonds is 4. The molecule has 4 nitrogen and oxygen atoms in total. The number of primary amides is 1. The molecule has 1 aromatic carbocycles. The first kappa shape index (κ1) is 11.8. The summed E-state index contributed by atoms with van der Waals surface area (Å²) in [5.74, 6) is 0.961. The Bertz CT molecular complexity index is 411. The highest BCUT2D eigenvalue weighted by Crippen LogP contribution is 2.35. The predicted octanol–water partition coefficient (Wildman–Crippen LogP) is 1.87. The van der Waals surface area contributed by atoms with Crippen molar-refractivity contribution in [1.82, 2.24) is 0 Å². The van der Waals surface area contributed by atoms with Crippen molar-refractivity contribution in [2.45, 2.75) is 31.3 Å². The van der Waals surface area contributed by atoms with Gasteiger partial charge in [-0.3, -0.25) is 4.79 Å². The summed E-state index contributed by atoms with van der Waals surface area (Å²) in [5.41, 5.74) is 4.63. The highest BCUT2D eigenvalue weighted by molar-refractivity contribution is 5.84. The lowest BCUT2D eigenvalue weighted by Crippen LogP contribution is -2.46. The number of carbonyl (C=O) groups is 1. The van der Waals surface area contributed by atoms with Crippen LogP contribution >= 0.6 is 0 Å². The molecule has 1 amide bonds. The summed E-state index contributed by atoms with van der Waals surface area (Å²) in [4.78, 5) is 11.5. The number of carbonyl (C=O) groups excluding carboxylic acids is 1. The van der Waals surface area contributed by atoms with Crippen molar-refractivity contribution in [3.8, 4) is 11.5 Å². The van der Waals surface area contributed by atoms with Crippen LogP contribution in [0.25, 0.3) is 0 Å². The van der Waals surface area contributed by atoms with E-state index in [0.717, 1.165) is 12.8 Å². The second-order valence-corrected chi connectivity index (χ2v) is 4.35. The average Bonchev–Trinajstić information content (AvgIpc) is 2.79. The molecule has 0 aromatic heterocycles. The third kappa shape index (κ3) is 2.35. The van der Waals surface area contributed by atoms with Crippen molar-refractivity contribution in [3.63, 3.8) is 0 Å². The number of methoxy groups -OCH3 is 1. The summed E-state index contributed by atoms with van der Waals surface area (Å²) in [7, 11) is 1.60. The number of amides is 1. The van der Waals surface area contributed by atoms with E-state index in [1.165, 1.54) is 0 Å². The van der Waals surface area contributed by atoms with Gasteiger partial charge >= 0.3 is 0 Å². The topological polar surface area (TPSA) is 61.6 Å². The zero-order valence-electron chi connectivity index (χ0n) is 9.94. The monoisotopic (exact) mass is 235 g/mol. The number of ether oxygens (including phenoxy) is 2. The van der Waals surface area contributed by atoms with Gasteiger partial charge in [0.1, 0.15) is 11.5 Å². The molecule has 0 saturated heterocycles. The number of benzene rings is 1. The number of hydrogen-bond acceptors (Lipinski definition) is 3. The van der Waals surface area contributed by atoms with Crippen LogP contribution in [-0.2, 0) is 4.79 Å². The Kier molecular flexibility index (Phi) is 3.22. The van der Waals surface area contributed by atoms with E-state index in [1.54, 1.807) is 13.2 Å². The van der Waals surface area contributed by atoms with Crippen molar-refractivity contribution < 1.29 is 14.3 Å². The molecule has 1 saturated carbocycles. The molecule has 92 valence electrons. The van der Waals surface area contributed by atoms with Crippen LogP contribution in [0, 0.1) is 0 Å². The van der Waals surface area contributed by atoms with E-state index in [2.05, 4.69) is 0 Å². The summed E-state index contributed by atoms with van der Waals surface area (Å²) < 4.78 is 10.9. The van der Waals surface area contributed by atoms with Crippen molar-refractivity contribution in [1.29, 1.82) is 0 Å². The number of nitrogens with two attached hydrogens (primary N) is 1. The molecule has 4 heteroatoms. The van der Waals surface area contributed by atoms with Crippen molar-refractivity contribution >= 4 is 5.91 Å². The fraction of sp³-hybridized carbons (Fsp3) is 0.462. The first-order valence-corrected chi connectivity index (χ1v) is 5.79. The third-order valence-corrected chi connectivity index (χ3v) is 3.21. The van der Waals surface area contributed by atoms with Gasteiger partial charge in [-0.1, -0.05) is 6.07 Å². The van der Waals surface area contributed by atoms with Crippen LogP contribution < -0.4 is 15.2 Å². The fourth-order valence-corrected chi connectivity index (χ4v) is 2.24. The Morgan fingerprint density at radius 1 is 1.29 bits per heavy atom. The van der Waals surface area contributed by atoms with Crippen molar-refractivity contribution in [2.24, 2.45) is 5.73 Å². The smallest absolute Gasteiger partial charge is 0.261 e. The molecule has 0 atom stereocenters. The molecule has 0 heterocycles. The van der Waals surface area contributed by atoms with Gasteiger partial charge in [0.2, 0.25) is 0 Å². The molecule has 0 radical (unpaired) electrons. The minimum absolute atomic E-state index is 0.377. The van der Waals surface area contributed by atoms with Gasteiger partial charge in [0.15, 0.2) is 5.60 Å². The highest BCUT2D eigenvalue weighted by atomic mass is 16.5. The van der Waals surface area contributed by atoms with Crippen LogP contribution in [0.15, 0.2) is 24.3 Å². The van der Waals surface area contributed by atoms with E-state index in [0.29, 0.717) is 24.3 Å². The molecule has 1 aromatic rings. The Labute approximate surface area is 101 Å². The largest absolute Gasteiger partial charge is 0.497 e. The Morgan fingerprint density at radius 2 is 1.94 bits per heavy atom. The Morgan fingerprint density at radius 3 is 2.53 bits per heavy atom. The molecule has 2 N–H and O–H groups in total. The lowest BCUT2D eigenvalue weighted by atomic mass is 10.0. The average molecular weight is 235 g/mol. The molecule has 0 unspecified atom stereocenters. The minimum Gasteiger partial charge on any atom is -0.497 e. The first-order valence-electron chi connectivity index (χ1n) is 5.79. The summed E-state index contributed by atoms with van der Waals surface area (Å²) in [5, 5.41) is 0. The molecule has 2 rings (SSSR count). The molecule has 0 aliphatic heterocycles.